The summed E-state index contributed by atoms with van der Waals surface area (Å²) in [4.78, 5) is 38.0. The summed E-state index contributed by atoms with van der Waals surface area (Å²) in [5, 5.41) is 0. The predicted octanol–water partition coefficient (Wildman–Crippen LogP) is 18.2. The second-order valence-corrected chi connectivity index (χ2v) is 17.2. The Bertz CT molecular complexity index is 1610. The smallest absolute Gasteiger partial charge is 0.306 e. The molecule has 0 bridgehead atoms. The van der Waals surface area contributed by atoms with Gasteiger partial charge >= 0.3 is 17.9 Å². The van der Waals surface area contributed by atoms with Crippen LogP contribution in [0.4, 0.5) is 0 Å². The van der Waals surface area contributed by atoms with Crippen molar-refractivity contribution >= 4 is 17.9 Å². The Balaban J connectivity index is 4.68. The van der Waals surface area contributed by atoms with Gasteiger partial charge in [-0.05, 0) is 109 Å². The molecule has 0 aromatic carbocycles. The third-order valence-electron chi connectivity index (χ3n) is 10.6. The van der Waals surface area contributed by atoms with Crippen LogP contribution in [0.5, 0.6) is 0 Å². The van der Waals surface area contributed by atoms with Crippen molar-refractivity contribution < 1.29 is 28.6 Å². The average molecular weight is 949 g/mol. The van der Waals surface area contributed by atoms with Crippen molar-refractivity contribution in [1.29, 1.82) is 0 Å². The standard InChI is InChI=1S/C63H96O6/c1-4-7-10-13-16-19-22-25-28-31-34-37-40-43-46-49-52-55-61(64)67-58-60(69-63(66)57-54-51-48-45-42-39-36-33-30-27-24-21-18-15-12-9-6-3)59-68-62(65)56-53-50-47-44-41-38-35-32-29-26-23-20-17-14-11-8-5-2/h7,10,13,16,18-19,21-22,25-31,34-40,44-45,47-48,60H,4-6,8-9,11-12,14-15,17,20,23-24,32-33,41-43,46,49-59H2,1-3H3/b10-7-,16-13-,21-18-,22-19-,28-25-,29-26-,30-27-,34-31+,38-35-,39-36-,40-37-,47-44-,48-45-. The van der Waals surface area contributed by atoms with Crippen LogP contribution in [-0.4, -0.2) is 37.2 Å². The lowest BCUT2D eigenvalue weighted by atomic mass is 10.1. The van der Waals surface area contributed by atoms with E-state index in [2.05, 4.69) is 118 Å². The van der Waals surface area contributed by atoms with Crippen molar-refractivity contribution in [2.24, 2.45) is 0 Å². The molecule has 0 fully saturated rings. The summed E-state index contributed by atoms with van der Waals surface area (Å²) in [5.74, 6) is -1.11. The van der Waals surface area contributed by atoms with Crippen LogP contribution in [0.1, 0.15) is 201 Å². The molecule has 0 aliphatic heterocycles. The van der Waals surface area contributed by atoms with Crippen LogP contribution in [0.3, 0.4) is 0 Å². The van der Waals surface area contributed by atoms with E-state index in [4.69, 9.17) is 14.2 Å². The van der Waals surface area contributed by atoms with Crippen LogP contribution >= 0.6 is 0 Å². The molecule has 384 valence electrons. The van der Waals surface area contributed by atoms with E-state index >= 15 is 0 Å². The van der Waals surface area contributed by atoms with Gasteiger partial charge in [-0.15, -0.1) is 0 Å². The molecule has 0 spiro atoms. The van der Waals surface area contributed by atoms with Gasteiger partial charge in [0.2, 0.25) is 0 Å². The number of ether oxygens (including phenoxy) is 3. The van der Waals surface area contributed by atoms with E-state index in [0.717, 1.165) is 70.6 Å². The number of rotatable bonds is 46. The molecule has 0 amide bonds. The van der Waals surface area contributed by atoms with E-state index in [0.29, 0.717) is 19.3 Å². The maximum absolute atomic E-state index is 12.8. The second-order valence-electron chi connectivity index (χ2n) is 17.2. The van der Waals surface area contributed by atoms with Crippen molar-refractivity contribution in [1.82, 2.24) is 0 Å². The highest BCUT2D eigenvalue weighted by Gasteiger charge is 2.19. The summed E-state index contributed by atoms with van der Waals surface area (Å²) in [6.45, 7) is 6.30. The first-order valence-electron chi connectivity index (χ1n) is 27.1. The van der Waals surface area contributed by atoms with Gasteiger partial charge in [-0.1, -0.05) is 230 Å². The van der Waals surface area contributed by atoms with Gasteiger partial charge in [-0.25, -0.2) is 0 Å². The van der Waals surface area contributed by atoms with E-state index in [-0.39, 0.29) is 44.4 Å². The fourth-order valence-corrected chi connectivity index (χ4v) is 6.60. The Morgan fingerprint density at radius 1 is 0.319 bits per heavy atom. The highest BCUT2D eigenvalue weighted by atomic mass is 16.6. The van der Waals surface area contributed by atoms with Crippen molar-refractivity contribution in [2.45, 2.75) is 207 Å². The molecule has 6 heteroatoms. The summed E-state index contributed by atoms with van der Waals surface area (Å²) < 4.78 is 16.7. The highest BCUT2D eigenvalue weighted by Crippen LogP contribution is 2.10. The molecule has 6 nitrogen and oxygen atoms in total. The molecular formula is C63H96O6. The Kier molecular flexibility index (Phi) is 51.6. The first-order valence-corrected chi connectivity index (χ1v) is 27.1. The van der Waals surface area contributed by atoms with E-state index in [1.807, 2.05) is 60.8 Å². The zero-order valence-electron chi connectivity index (χ0n) is 43.8. The summed E-state index contributed by atoms with van der Waals surface area (Å²) in [7, 11) is 0. The van der Waals surface area contributed by atoms with E-state index in [9.17, 15) is 14.4 Å². The molecule has 0 radical (unpaired) electrons. The third-order valence-corrected chi connectivity index (χ3v) is 10.6. The van der Waals surface area contributed by atoms with Gasteiger partial charge in [0.1, 0.15) is 13.2 Å². The monoisotopic (exact) mass is 949 g/mol. The van der Waals surface area contributed by atoms with E-state index in [1.165, 1.54) is 70.6 Å². The summed E-state index contributed by atoms with van der Waals surface area (Å²) >= 11 is 0. The quantitative estimate of drug-likeness (QED) is 0.0199. The lowest BCUT2D eigenvalue weighted by molar-refractivity contribution is -0.167. The molecule has 0 saturated heterocycles. The largest absolute Gasteiger partial charge is 0.462 e. The first kappa shape index (κ1) is 64.0. The van der Waals surface area contributed by atoms with Crippen LogP contribution in [0, 0.1) is 0 Å². The lowest BCUT2D eigenvalue weighted by Crippen LogP contribution is -2.30. The van der Waals surface area contributed by atoms with Gasteiger partial charge in [0.25, 0.3) is 0 Å². The fraction of sp³-hybridized carbons (Fsp3) is 0.540. The van der Waals surface area contributed by atoms with Gasteiger partial charge in [-0.3, -0.25) is 14.4 Å². The zero-order chi connectivity index (χ0) is 50.0. The molecule has 0 aromatic heterocycles. The Hall–Kier alpha value is -4.97. The van der Waals surface area contributed by atoms with Gasteiger partial charge in [-0.2, -0.15) is 0 Å². The van der Waals surface area contributed by atoms with E-state index < -0.39 is 12.1 Å². The number of esters is 3. The van der Waals surface area contributed by atoms with E-state index in [1.54, 1.807) is 0 Å². The number of hydrogen-bond donors (Lipinski definition) is 0. The molecule has 0 aliphatic carbocycles. The van der Waals surface area contributed by atoms with Crippen molar-refractivity contribution in [2.75, 3.05) is 13.2 Å². The lowest BCUT2D eigenvalue weighted by Gasteiger charge is -2.18. The molecule has 1 unspecified atom stereocenters. The molecule has 0 aromatic rings. The minimum Gasteiger partial charge on any atom is -0.462 e. The maximum atomic E-state index is 12.8. The number of carbonyl (C=O) groups excluding carboxylic acids is 3. The number of hydrogen-bond acceptors (Lipinski definition) is 6. The van der Waals surface area contributed by atoms with Crippen molar-refractivity contribution in [3.05, 3.63) is 158 Å². The molecule has 0 aliphatic rings. The molecular weight excluding hydrogens is 853 g/mol. The number of allylic oxidation sites excluding steroid dienone is 26. The minimum atomic E-state index is -0.854. The normalized spacial score (nSPS) is 13.4. The maximum Gasteiger partial charge on any atom is 0.306 e. The SMILES string of the molecule is CC\C=C/C=C\C=C/C=C\C=C\C=C/CCCCCC(=O)OCC(COC(=O)CCC/C=C\C/C=C\C/C=C\CCCCCCCC)OC(=O)CCC/C=C\C/C=C\C/C=C\C/C=C\CCCCC. The number of unbranched alkanes of at least 4 members (excludes halogenated alkanes) is 14. The summed E-state index contributed by atoms with van der Waals surface area (Å²) in [5.41, 5.74) is 0. The second kappa shape index (κ2) is 55.6. The molecule has 0 saturated carbocycles. The van der Waals surface area contributed by atoms with Gasteiger partial charge in [0.15, 0.2) is 6.10 Å². The average Bonchev–Trinajstić information content (AvgIpc) is 3.35. The fourth-order valence-electron chi connectivity index (χ4n) is 6.60. The Labute approximate surface area is 422 Å². The molecule has 0 rings (SSSR count). The van der Waals surface area contributed by atoms with Gasteiger partial charge in [0, 0.05) is 19.3 Å². The van der Waals surface area contributed by atoms with Gasteiger partial charge < -0.3 is 14.2 Å². The molecule has 0 N–H and O–H groups in total. The van der Waals surface area contributed by atoms with Gasteiger partial charge in [0.05, 0.1) is 0 Å². The molecule has 0 heterocycles. The Morgan fingerprint density at radius 3 is 1.10 bits per heavy atom. The van der Waals surface area contributed by atoms with Crippen LogP contribution in [0.25, 0.3) is 0 Å². The molecule has 1 atom stereocenters. The zero-order valence-corrected chi connectivity index (χ0v) is 43.8. The van der Waals surface area contributed by atoms with Crippen molar-refractivity contribution in [3.8, 4) is 0 Å². The molecule has 69 heavy (non-hydrogen) atoms. The topological polar surface area (TPSA) is 78.9 Å². The minimum absolute atomic E-state index is 0.146. The predicted molar refractivity (Wildman–Crippen MR) is 297 cm³/mol. The first-order chi connectivity index (χ1) is 34.0. The van der Waals surface area contributed by atoms with Crippen LogP contribution in [0.2, 0.25) is 0 Å². The van der Waals surface area contributed by atoms with Crippen molar-refractivity contribution in [3.63, 3.8) is 0 Å². The highest BCUT2D eigenvalue weighted by molar-refractivity contribution is 5.71. The third kappa shape index (κ3) is 53.8. The van der Waals surface area contributed by atoms with Crippen LogP contribution in [0.15, 0.2) is 158 Å². The number of carbonyl (C=O) groups is 3. The Morgan fingerprint density at radius 2 is 0.638 bits per heavy atom. The van der Waals surface area contributed by atoms with Crippen LogP contribution < -0.4 is 0 Å². The summed E-state index contributed by atoms with van der Waals surface area (Å²) in [6, 6.07) is 0. The van der Waals surface area contributed by atoms with Crippen LogP contribution in [-0.2, 0) is 28.6 Å². The summed E-state index contributed by atoms with van der Waals surface area (Å²) in [6.07, 6.45) is 80.9.